The molecule has 1 aliphatic carbocycles. The van der Waals surface area contributed by atoms with Gasteiger partial charge < -0.3 is 9.32 Å². The number of hydrogen-bond donors (Lipinski definition) is 0. The number of rotatable bonds is 3. The first-order valence-corrected chi connectivity index (χ1v) is 12.6. The van der Waals surface area contributed by atoms with Crippen LogP contribution >= 0.6 is 11.6 Å². The molecule has 0 amide bonds. The van der Waals surface area contributed by atoms with Crippen LogP contribution < -0.4 is 4.90 Å². The van der Waals surface area contributed by atoms with Gasteiger partial charge in [-0.25, -0.2) is 0 Å². The highest BCUT2D eigenvalue weighted by molar-refractivity contribution is 6.30. The summed E-state index contributed by atoms with van der Waals surface area (Å²) in [5.74, 6) is 0. The highest BCUT2D eigenvalue weighted by Crippen LogP contribution is 2.50. The van der Waals surface area contributed by atoms with Crippen LogP contribution in [0.15, 0.2) is 114 Å². The van der Waals surface area contributed by atoms with Gasteiger partial charge in [0.2, 0.25) is 0 Å². The van der Waals surface area contributed by atoms with Crippen LogP contribution in [0.3, 0.4) is 0 Å². The first-order valence-electron chi connectivity index (χ1n) is 12.2. The van der Waals surface area contributed by atoms with Gasteiger partial charge in [0.05, 0.1) is 0 Å². The number of anilines is 3. The lowest BCUT2D eigenvalue weighted by Gasteiger charge is -2.27. The Balaban J connectivity index is 1.45. The molecular formula is C33H24ClNO. The molecule has 0 aliphatic heterocycles. The van der Waals surface area contributed by atoms with Gasteiger partial charge in [0, 0.05) is 44.3 Å². The molecule has 3 heteroatoms. The summed E-state index contributed by atoms with van der Waals surface area (Å²) in [6.07, 6.45) is 0. The van der Waals surface area contributed by atoms with Crippen molar-refractivity contribution in [3.63, 3.8) is 0 Å². The molecule has 0 radical (unpaired) electrons. The molecule has 1 heterocycles. The number of para-hydroxylation sites is 1. The number of nitrogens with zero attached hydrogens (tertiary/aromatic N) is 1. The number of hydrogen-bond acceptors (Lipinski definition) is 2. The summed E-state index contributed by atoms with van der Waals surface area (Å²) in [5, 5.41) is 2.95. The number of halogens is 1. The lowest BCUT2D eigenvalue weighted by Crippen LogP contribution is -2.15. The molecule has 6 aromatic rings. The molecule has 174 valence electrons. The van der Waals surface area contributed by atoms with Crippen molar-refractivity contribution in [2.24, 2.45) is 0 Å². The van der Waals surface area contributed by atoms with Crippen LogP contribution in [0.1, 0.15) is 25.0 Å². The summed E-state index contributed by atoms with van der Waals surface area (Å²) in [6.45, 7) is 4.61. The zero-order valence-electron chi connectivity index (χ0n) is 20.1. The fraction of sp³-hybridized carbons (Fsp3) is 0.0909. The maximum atomic E-state index is 6.47. The molecular weight excluding hydrogens is 462 g/mol. The minimum atomic E-state index is -0.0292. The normalized spacial score (nSPS) is 13.6. The van der Waals surface area contributed by atoms with E-state index in [1.165, 1.54) is 22.3 Å². The second kappa shape index (κ2) is 7.74. The zero-order chi connectivity index (χ0) is 24.4. The van der Waals surface area contributed by atoms with E-state index in [0.717, 1.165) is 39.0 Å². The van der Waals surface area contributed by atoms with Gasteiger partial charge in [0.15, 0.2) is 0 Å². The Morgan fingerprint density at radius 1 is 0.583 bits per heavy atom. The Hall–Kier alpha value is -4.01. The van der Waals surface area contributed by atoms with Gasteiger partial charge in [-0.2, -0.15) is 0 Å². The van der Waals surface area contributed by atoms with Crippen LogP contribution in [0, 0.1) is 0 Å². The van der Waals surface area contributed by atoms with Crippen LogP contribution in [-0.4, -0.2) is 0 Å². The van der Waals surface area contributed by atoms with E-state index in [0.29, 0.717) is 5.02 Å². The maximum absolute atomic E-state index is 6.47. The minimum Gasteiger partial charge on any atom is -0.456 e. The summed E-state index contributed by atoms with van der Waals surface area (Å²) in [5.41, 5.74) is 10.2. The van der Waals surface area contributed by atoms with Crippen molar-refractivity contribution in [2.75, 3.05) is 4.90 Å². The predicted octanol–water partition coefficient (Wildman–Crippen LogP) is 10.0. The van der Waals surface area contributed by atoms with E-state index in [1.807, 2.05) is 36.4 Å². The van der Waals surface area contributed by atoms with Crippen molar-refractivity contribution in [3.8, 4) is 11.1 Å². The van der Waals surface area contributed by atoms with E-state index < -0.39 is 0 Å². The highest BCUT2D eigenvalue weighted by atomic mass is 35.5. The predicted molar refractivity (Wildman–Crippen MR) is 151 cm³/mol. The van der Waals surface area contributed by atoms with Gasteiger partial charge in [-0.1, -0.05) is 80.0 Å². The molecule has 1 aliphatic rings. The van der Waals surface area contributed by atoms with Crippen molar-refractivity contribution in [1.82, 2.24) is 0 Å². The molecule has 0 bridgehead atoms. The minimum absolute atomic E-state index is 0.0292. The van der Waals surface area contributed by atoms with E-state index in [4.69, 9.17) is 16.0 Å². The fourth-order valence-corrected chi connectivity index (χ4v) is 5.95. The molecule has 0 fully saturated rings. The Labute approximate surface area is 215 Å². The summed E-state index contributed by atoms with van der Waals surface area (Å²) >= 11 is 6.47. The van der Waals surface area contributed by atoms with Crippen LogP contribution in [0.4, 0.5) is 17.1 Å². The summed E-state index contributed by atoms with van der Waals surface area (Å²) < 4.78 is 6.23. The quantitative estimate of drug-likeness (QED) is 0.248. The molecule has 0 saturated carbocycles. The summed E-state index contributed by atoms with van der Waals surface area (Å²) in [4.78, 5) is 2.26. The first-order chi connectivity index (χ1) is 17.5. The first kappa shape index (κ1) is 21.3. The van der Waals surface area contributed by atoms with E-state index >= 15 is 0 Å². The van der Waals surface area contributed by atoms with Crippen molar-refractivity contribution in [2.45, 2.75) is 19.3 Å². The van der Waals surface area contributed by atoms with Gasteiger partial charge in [-0.3, -0.25) is 0 Å². The topological polar surface area (TPSA) is 16.4 Å². The van der Waals surface area contributed by atoms with E-state index in [-0.39, 0.29) is 5.41 Å². The molecule has 0 atom stereocenters. The Kier molecular flexibility index (Phi) is 4.58. The SMILES string of the molecule is CC1(C)c2ccccc2-c2cc(N(c3cccc(Cl)c3)c3ccc4c(c3)oc3ccccc34)ccc21. The van der Waals surface area contributed by atoms with Crippen molar-refractivity contribution in [3.05, 3.63) is 125 Å². The lowest BCUT2D eigenvalue weighted by atomic mass is 9.82. The third-order valence-corrected chi connectivity index (χ3v) is 7.75. The second-order valence-electron chi connectivity index (χ2n) is 9.99. The molecule has 5 aromatic carbocycles. The molecule has 7 rings (SSSR count). The molecule has 2 nitrogen and oxygen atoms in total. The number of furan rings is 1. The number of benzene rings is 5. The Morgan fingerprint density at radius 3 is 2.17 bits per heavy atom. The molecule has 36 heavy (non-hydrogen) atoms. The smallest absolute Gasteiger partial charge is 0.137 e. The summed E-state index contributed by atoms with van der Waals surface area (Å²) in [7, 11) is 0. The van der Waals surface area contributed by atoms with Crippen LogP contribution in [0.5, 0.6) is 0 Å². The third-order valence-electron chi connectivity index (χ3n) is 7.51. The van der Waals surface area contributed by atoms with Gasteiger partial charge in [0.25, 0.3) is 0 Å². The molecule has 0 spiro atoms. The average Bonchev–Trinajstić information content (AvgIpc) is 3.37. The molecule has 1 aromatic heterocycles. The van der Waals surface area contributed by atoms with Crippen molar-refractivity contribution >= 4 is 50.6 Å². The van der Waals surface area contributed by atoms with Crippen molar-refractivity contribution < 1.29 is 4.42 Å². The van der Waals surface area contributed by atoms with Gasteiger partial charge in [-0.15, -0.1) is 0 Å². The van der Waals surface area contributed by atoms with E-state index in [1.54, 1.807) is 0 Å². The highest BCUT2D eigenvalue weighted by Gasteiger charge is 2.35. The van der Waals surface area contributed by atoms with E-state index in [2.05, 4.69) is 91.5 Å². The standard InChI is InChI=1S/C33H24ClNO/c1-33(2)29-12-5-3-10-25(29)28-19-23(15-17-30(28)33)35(22-9-7-8-21(34)18-22)24-14-16-27-26-11-4-6-13-31(26)36-32(27)20-24/h3-20H,1-2H3. The Morgan fingerprint density at radius 2 is 1.28 bits per heavy atom. The zero-order valence-corrected chi connectivity index (χ0v) is 20.9. The van der Waals surface area contributed by atoms with Gasteiger partial charge >= 0.3 is 0 Å². The summed E-state index contributed by atoms with van der Waals surface area (Å²) in [6, 6.07) is 38.2. The fourth-order valence-electron chi connectivity index (χ4n) is 5.76. The van der Waals surface area contributed by atoms with Crippen LogP contribution in [0.25, 0.3) is 33.1 Å². The largest absolute Gasteiger partial charge is 0.456 e. The van der Waals surface area contributed by atoms with Crippen LogP contribution in [-0.2, 0) is 5.41 Å². The van der Waals surface area contributed by atoms with Gasteiger partial charge in [-0.05, 0) is 70.8 Å². The van der Waals surface area contributed by atoms with Gasteiger partial charge in [0.1, 0.15) is 11.2 Å². The van der Waals surface area contributed by atoms with Crippen molar-refractivity contribution in [1.29, 1.82) is 0 Å². The van der Waals surface area contributed by atoms with E-state index in [9.17, 15) is 0 Å². The van der Waals surface area contributed by atoms with Crippen LogP contribution in [0.2, 0.25) is 5.02 Å². The maximum Gasteiger partial charge on any atom is 0.137 e. The number of fused-ring (bicyclic) bond motifs is 6. The molecule has 0 saturated heterocycles. The Bertz CT molecular complexity index is 1800. The average molecular weight is 486 g/mol. The lowest BCUT2D eigenvalue weighted by molar-refractivity contribution is 0.660. The second-order valence-corrected chi connectivity index (χ2v) is 10.4. The molecule has 0 N–H and O–H groups in total. The third kappa shape index (κ3) is 3.11. The molecule has 0 unspecified atom stereocenters. The monoisotopic (exact) mass is 485 g/mol.